The van der Waals surface area contributed by atoms with Gasteiger partial charge in [-0.25, -0.2) is 0 Å². The molecule has 2 N–H and O–H groups in total. The zero-order chi connectivity index (χ0) is 23.5. The number of anilines is 1. The van der Waals surface area contributed by atoms with Crippen LogP contribution in [0.15, 0.2) is 78.9 Å². The standard InChI is InChI=1S/C26H23N3O3S2/c1-2-31-21-15-18(13-14-20(21)32-16-17-9-5-3-6-10-17)23-27-24-22(25(30)28-23)34-26(33)29(24)19-11-7-4-8-12-19/h3-15,23,27H,2,16H2,1H3,(H,28,30)/t23-/m1/s1. The SMILES string of the molecule is CCOc1cc([C@H]2NC(=O)c3sc(=S)n(-c4ccccc4)c3N2)ccc1OCc1ccccc1. The van der Waals surface area contributed by atoms with Crippen LogP contribution in [0.1, 0.15) is 33.9 Å². The van der Waals surface area contributed by atoms with Crippen LogP contribution in [0.3, 0.4) is 0 Å². The quantitative estimate of drug-likeness (QED) is 0.307. The lowest BCUT2D eigenvalue weighted by Gasteiger charge is -2.27. The lowest BCUT2D eigenvalue weighted by atomic mass is 10.1. The number of nitrogens with one attached hydrogen (secondary N) is 2. The van der Waals surface area contributed by atoms with Crippen LogP contribution < -0.4 is 20.1 Å². The van der Waals surface area contributed by atoms with E-state index in [9.17, 15) is 4.79 Å². The largest absolute Gasteiger partial charge is 0.490 e. The zero-order valence-electron chi connectivity index (χ0n) is 18.5. The van der Waals surface area contributed by atoms with E-state index < -0.39 is 6.17 Å². The van der Waals surface area contributed by atoms with Gasteiger partial charge in [-0.3, -0.25) is 9.36 Å². The number of amides is 1. The van der Waals surface area contributed by atoms with Crippen LogP contribution in [-0.2, 0) is 6.61 Å². The first-order valence-electron chi connectivity index (χ1n) is 11.0. The van der Waals surface area contributed by atoms with Gasteiger partial charge in [0, 0.05) is 5.69 Å². The van der Waals surface area contributed by atoms with E-state index in [1.165, 1.54) is 11.3 Å². The number of carbonyl (C=O) groups excluding carboxylic acids is 1. The van der Waals surface area contributed by atoms with Crippen molar-refractivity contribution in [2.75, 3.05) is 11.9 Å². The van der Waals surface area contributed by atoms with E-state index in [0.29, 0.717) is 39.4 Å². The van der Waals surface area contributed by atoms with E-state index in [-0.39, 0.29) is 5.91 Å². The smallest absolute Gasteiger partial charge is 0.267 e. The topological polar surface area (TPSA) is 64.5 Å². The van der Waals surface area contributed by atoms with Crippen molar-refractivity contribution in [3.63, 3.8) is 0 Å². The fourth-order valence-electron chi connectivity index (χ4n) is 3.83. The molecule has 6 nitrogen and oxygen atoms in total. The molecule has 0 aliphatic carbocycles. The average molecular weight is 490 g/mol. The molecule has 1 aliphatic heterocycles. The number of aromatic nitrogens is 1. The fourth-order valence-corrected chi connectivity index (χ4v) is 5.14. The molecule has 1 atom stereocenters. The Labute approximate surface area is 206 Å². The van der Waals surface area contributed by atoms with E-state index in [0.717, 1.165) is 16.8 Å². The molecule has 8 heteroatoms. The molecule has 4 aromatic rings. The van der Waals surface area contributed by atoms with Gasteiger partial charge in [0.2, 0.25) is 0 Å². The van der Waals surface area contributed by atoms with Crippen molar-refractivity contribution in [1.82, 2.24) is 9.88 Å². The van der Waals surface area contributed by atoms with Gasteiger partial charge in [-0.05, 0) is 54.5 Å². The van der Waals surface area contributed by atoms with Gasteiger partial charge < -0.3 is 20.1 Å². The van der Waals surface area contributed by atoms with Crippen LogP contribution in [0.5, 0.6) is 11.5 Å². The number of rotatable bonds is 7. The summed E-state index contributed by atoms with van der Waals surface area (Å²) < 4.78 is 14.4. The lowest BCUT2D eigenvalue weighted by molar-refractivity contribution is 0.0939. The zero-order valence-corrected chi connectivity index (χ0v) is 20.1. The third kappa shape index (κ3) is 4.42. The first-order valence-corrected chi connectivity index (χ1v) is 12.2. The molecule has 0 radical (unpaired) electrons. The Bertz CT molecular complexity index is 1370. The third-order valence-electron chi connectivity index (χ3n) is 5.43. The van der Waals surface area contributed by atoms with Crippen LogP contribution in [0.4, 0.5) is 5.82 Å². The molecule has 1 amide bonds. The number of carbonyl (C=O) groups is 1. The Morgan fingerprint density at radius 2 is 1.68 bits per heavy atom. The highest BCUT2D eigenvalue weighted by Gasteiger charge is 2.30. The molecule has 0 bridgehead atoms. The number of nitrogens with zero attached hydrogens (tertiary/aromatic N) is 1. The lowest BCUT2D eigenvalue weighted by Crippen LogP contribution is -2.38. The van der Waals surface area contributed by atoms with Gasteiger partial charge in [-0.1, -0.05) is 65.9 Å². The predicted octanol–water partition coefficient (Wildman–Crippen LogP) is 6.10. The molecular weight excluding hydrogens is 466 g/mol. The van der Waals surface area contributed by atoms with Gasteiger partial charge >= 0.3 is 0 Å². The maximum atomic E-state index is 12.9. The predicted molar refractivity (Wildman–Crippen MR) is 137 cm³/mol. The summed E-state index contributed by atoms with van der Waals surface area (Å²) in [6, 6.07) is 25.5. The molecule has 0 saturated carbocycles. The molecule has 2 heterocycles. The number of hydrogen-bond acceptors (Lipinski definition) is 6. The molecule has 34 heavy (non-hydrogen) atoms. The molecule has 1 aliphatic rings. The van der Waals surface area contributed by atoms with Crippen molar-refractivity contribution < 1.29 is 14.3 Å². The summed E-state index contributed by atoms with van der Waals surface area (Å²) in [6.45, 7) is 2.87. The van der Waals surface area contributed by atoms with Gasteiger partial charge in [-0.2, -0.15) is 0 Å². The Hall–Kier alpha value is -3.62. The highest BCUT2D eigenvalue weighted by molar-refractivity contribution is 7.73. The first kappa shape index (κ1) is 22.2. The van der Waals surface area contributed by atoms with Crippen LogP contribution in [0.25, 0.3) is 5.69 Å². The maximum absolute atomic E-state index is 12.9. The molecule has 0 unspecified atom stereocenters. The number of para-hydroxylation sites is 1. The van der Waals surface area contributed by atoms with Gasteiger partial charge in [0.1, 0.15) is 23.5 Å². The van der Waals surface area contributed by atoms with Crippen molar-refractivity contribution in [3.05, 3.63) is 98.8 Å². The third-order valence-corrected chi connectivity index (χ3v) is 6.80. The van der Waals surface area contributed by atoms with Crippen molar-refractivity contribution in [2.24, 2.45) is 0 Å². The van der Waals surface area contributed by atoms with E-state index in [4.69, 9.17) is 21.7 Å². The normalized spacial score (nSPS) is 14.6. The molecule has 0 fully saturated rings. The monoisotopic (exact) mass is 489 g/mol. The molecule has 0 spiro atoms. The van der Waals surface area contributed by atoms with Crippen LogP contribution in [0, 0.1) is 3.95 Å². The van der Waals surface area contributed by atoms with Gasteiger partial charge in [0.15, 0.2) is 15.5 Å². The minimum Gasteiger partial charge on any atom is -0.490 e. The number of fused-ring (bicyclic) bond motifs is 1. The minimum absolute atomic E-state index is 0.160. The first-order chi connectivity index (χ1) is 16.6. The van der Waals surface area contributed by atoms with Crippen LogP contribution in [-0.4, -0.2) is 17.1 Å². The van der Waals surface area contributed by atoms with Crippen molar-refractivity contribution in [2.45, 2.75) is 19.7 Å². The van der Waals surface area contributed by atoms with Gasteiger partial charge in [0.25, 0.3) is 5.91 Å². The molecule has 3 aromatic carbocycles. The maximum Gasteiger partial charge on any atom is 0.267 e. The van der Waals surface area contributed by atoms with Crippen LogP contribution in [0.2, 0.25) is 0 Å². The summed E-state index contributed by atoms with van der Waals surface area (Å²) in [6.07, 6.45) is -0.443. The van der Waals surface area contributed by atoms with Crippen molar-refractivity contribution >= 4 is 35.3 Å². The molecule has 172 valence electrons. The Balaban J connectivity index is 1.44. The van der Waals surface area contributed by atoms with Crippen molar-refractivity contribution in [1.29, 1.82) is 0 Å². The summed E-state index contributed by atoms with van der Waals surface area (Å²) in [4.78, 5) is 13.5. The molecule has 0 saturated heterocycles. The number of benzene rings is 3. The van der Waals surface area contributed by atoms with Gasteiger partial charge in [-0.15, -0.1) is 0 Å². The highest BCUT2D eigenvalue weighted by atomic mass is 32.1. The number of hydrogen-bond donors (Lipinski definition) is 2. The highest BCUT2D eigenvalue weighted by Crippen LogP contribution is 2.37. The minimum atomic E-state index is -0.443. The van der Waals surface area contributed by atoms with Crippen LogP contribution >= 0.6 is 23.6 Å². The van der Waals surface area contributed by atoms with Gasteiger partial charge in [0.05, 0.1) is 6.61 Å². The molecular formula is C26H23N3O3S2. The Morgan fingerprint density at radius 3 is 2.41 bits per heavy atom. The molecule has 5 rings (SSSR count). The number of thiazole rings is 1. The van der Waals surface area contributed by atoms with E-state index >= 15 is 0 Å². The summed E-state index contributed by atoms with van der Waals surface area (Å²) in [7, 11) is 0. The second-order valence-electron chi connectivity index (χ2n) is 7.68. The Morgan fingerprint density at radius 1 is 0.941 bits per heavy atom. The van der Waals surface area contributed by atoms with E-state index in [1.54, 1.807) is 0 Å². The van der Waals surface area contributed by atoms with E-state index in [1.807, 2.05) is 90.4 Å². The number of ether oxygens (including phenoxy) is 2. The van der Waals surface area contributed by atoms with E-state index in [2.05, 4.69) is 10.6 Å². The second kappa shape index (κ2) is 9.70. The average Bonchev–Trinajstić information content (AvgIpc) is 3.21. The summed E-state index contributed by atoms with van der Waals surface area (Å²) in [5, 5.41) is 6.49. The summed E-state index contributed by atoms with van der Waals surface area (Å²) >= 11 is 6.87. The molecule has 1 aromatic heterocycles. The second-order valence-corrected chi connectivity index (χ2v) is 9.33. The summed E-state index contributed by atoms with van der Waals surface area (Å²) in [5.74, 6) is 1.81. The summed E-state index contributed by atoms with van der Waals surface area (Å²) in [5.41, 5.74) is 2.84. The van der Waals surface area contributed by atoms with Crippen molar-refractivity contribution in [3.8, 4) is 17.2 Å². The Kier molecular flexibility index (Phi) is 6.33. The fraction of sp³-hybridized carbons (Fsp3) is 0.154.